The second-order valence-electron chi connectivity index (χ2n) is 7.38. The number of nitrogens with one attached hydrogen (secondary N) is 1. The van der Waals surface area contributed by atoms with Crippen molar-refractivity contribution >= 4 is 17.7 Å². The summed E-state index contributed by atoms with van der Waals surface area (Å²) in [5.74, 6) is -1.27. The van der Waals surface area contributed by atoms with Gasteiger partial charge in [0.2, 0.25) is 11.7 Å². The molecule has 0 unspecified atom stereocenters. The van der Waals surface area contributed by atoms with Crippen LogP contribution in [0.25, 0.3) is 0 Å². The van der Waals surface area contributed by atoms with Gasteiger partial charge in [-0.25, -0.2) is 0 Å². The first kappa shape index (κ1) is 22.0. The number of esters is 1. The molecule has 0 fully saturated rings. The van der Waals surface area contributed by atoms with Gasteiger partial charge in [0.05, 0.1) is 6.42 Å². The van der Waals surface area contributed by atoms with E-state index in [4.69, 9.17) is 4.74 Å². The second-order valence-corrected chi connectivity index (χ2v) is 7.38. The third kappa shape index (κ3) is 6.12. The van der Waals surface area contributed by atoms with Crippen molar-refractivity contribution in [1.82, 2.24) is 5.32 Å². The molecule has 3 aromatic carbocycles. The van der Waals surface area contributed by atoms with Gasteiger partial charge < -0.3 is 10.1 Å². The van der Waals surface area contributed by atoms with Crippen molar-refractivity contribution in [2.24, 2.45) is 0 Å². The molecule has 0 bridgehead atoms. The Morgan fingerprint density at radius 3 is 2.13 bits per heavy atom. The summed E-state index contributed by atoms with van der Waals surface area (Å²) in [7, 11) is 0. The summed E-state index contributed by atoms with van der Waals surface area (Å²) in [6.07, 6.45) is -0.917. The summed E-state index contributed by atoms with van der Waals surface area (Å²) < 4.78 is 5.52. The first-order chi connectivity index (χ1) is 14.9. The SMILES string of the molecule is Cc1ccc(C(=O)[C@@H](OC(=O)CNC(=O)Cc2ccccc2)c2ccccc2)cc1C. The molecule has 3 aromatic rings. The maximum atomic E-state index is 13.2. The van der Waals surface area contributed by atoms with Gasteiger partial charge in [-0.05, 0) is 36.6 Å². The Labute approximate surface area is 182 Å². The van der Waals surface area contributed by atoms with Crippen molar-refractivity contribution in [3.8, 4) is 0 Å². The summed E-state index contributed by atoms with van der Waals surface area (Å²) in [4.78, 5) is 37.7. The van der Waals surface area contributed by atoms with Crippen molar-refractivity contribution in [1.29, 1.82) is 0 Å². The molecule has 0 heterocycles. The molecular weight excluding hydrogens is 390 g/mol. The Balaban J connectivity index is 1.68. The molecule has 0 aliphatic rings. The van der Waals surface area contributed by atoms with Crippen molar-refractivity contribution in [2.75, 3.05) is 6.54 Å². The highest BCUT2D eigenvalue weighted by molar-refractivity contribution is 6.01. The fraction of sp³-hybridized carbons (Fsp3) is 0.192. The number of aryl methyl sites for hydroxylation is 2. The Morgan fingerprint density at radius 2 is 1.48 bits per heavy atom. The molecule has 0 aliphatic heterocycles. The minimum atomic E-state index is -1.08. The lowest BCUT2D eigenvalue weighted by Crippen LogP contribution is -2.33. The number of amides is 1. The van der Waals surface area contributed by atoms with Crippen molar-refractivity contribution in [2.45, 2.75) is 26.4 Å². The lowest BCUT2D eigenvalue weighted by Gasteiger charge is -2.18. The van der Waals surface area contributed by atoms with Gasteiger partial charge in [0, 0.05) is 11.1 Å². The van der Waals surface area contributed by atoms with Crippen molar-refractivity contribution < 1.29 is 19.1 Å². The molecule has 1 atom stereocenters. The van der Waals surface area contributed by atoms with E-state index in [2.05, 4.69) is 5.32 Å². The number of carbonyl (C=O) groups excluding carboxylic acids is 3. The van der Waals surface area contributed by atoms with E-state index >= 15 is 0 Å². The molecule has 158 valence electrons. The largest absolute Gasteiger partial charge is 0.448 e. The topological polar surface area (TPSA) is 72.5 Å². The van der Waals surface area contributed by atoms with Crippen LogP contribution >= 0.6 is 0 Å². The summed E-state index contributed by atoms with van der Waals surface area (Å²) in [5, 5.41) is 2.56. The molecule has 3 rings (SSSR count). The zero-order valence-corrected chi connectivity index (χ0v) is 17.6. The predicted octanol–water partition coefficient (Wildman–Crippen LogP) is 4.13. The summed E-state index contributed by atoms with van der Waals surface area (Å²) in [6, 6.07) is 23.5. The highest BCUT2D eigenvalue weighted by atomic mass is 16.5. The third-order valence-electron chi connectivity index (χ3n) is 5.02. The van der Waals surface area contributed by atoms with Crippen LogP contribution in [0.5, 0.6) is 0 Å². The van der Waals surface area contributed by atoms with Gasteiger partial charge in [0.15, 0.2) is 6.10 Å². The van der Waals surface area contributed by atoms with Crippen LogP contribution in [0.4, 0.5) is 0 Å². The van der Waals surface area contributed by atoms with Gasteiger partial charge in [-0.3, -0.25) is 14.4 Å². The fourth-order valence-corrected chi connectivity index (χ4v) is 3.13. The van der Waals surface area contributed by atoms with Crippen LogP contribution < -0.4 is 5.32 Å². The van der Waals surface area contributed by atoms with Gasteiger partial charge in [-0.2, -0.15) is 0 Å². The average molecular weight is 415 g/mol. The van der Waals surface area contributed by atoms with Crippen molar-refractivity contribution in [3.63, 3.8) is 0 Å². The van der Waals surface area contributed by atoms with Crippen LogP contribution in [-0.2, 0) is 20.7 Å². The van der Waals surface area contributed by atoms with Gasteiger partial charge in [-0.15, -0.1) is 0 Å². The third-order valence-corrected chi connectivity index (χ3v) is 5.02. The smallest absolute Gasteiger partial charge is 0.326 e. The molecule has 5 nitrogen and oxygen atoms in total. The monoisotopic (exact) mass is 415 g/mol. The lowest BCUT2D eigenvalue weighted by atomic mass is 9.97. The molecule has 1 amide bonds. The summed E-state index contributed by atoms with van der Waals surface area (Å²) >= 11 is 0. The Kier molecular flexibility index (Phi) is 7.33. The molecule has 0 spiro atoms. The number of carbonyl (C=O) groups is 3. The van der Waals surface area contributed by atoms with Gasteiger partial charge in [0.1, 0.15) is 6.54 Å². The number of ketones is 1. The van der Waals surface area contributed by atoms with Gasteiger partial charge in [0.25, 0.3) is 0 Å². The van der Waals surface area contributed by atoms with Crippen LogP contribution in [0.3, 0.4) is 0 Å². The molecular formula is C26H25NO4. The lowest BCUT2D eigenvalue weighted by molar-refractivity contribution is -0.147. The highest BCUT2D eigenvalue weighted by Crippen LogP contribution is 2.24. The number of ether oxygens (including phenoxy) is 1. The zero-order valence-electron chi connectivity index (χ0n) is 17.6. The zero-order chi connectivity index (χ0) is 22.2. The maximum Gasteiger partial charge on any atom is 0.326 e. The van der Waals surface area contributed by atoms with E-state index < -0.39 is 12.1 Å². The number of hydrogen-bond acceptors (Lipinski definition) is 4. The van der Waals surface area contributed by atoms with E-state index in [9.17, 15) is 14.4 Å². The van der Waals surface area contributed by atoms with E-state index in [1.54, 1.807) is 36.4 Å². The van der Waals surface area contributed by atoms with Crippen molar-refractivity contribution in [3.05, 3.63) is 107 Å². The van der Waals surface area contributed by atoms with Crippen LogP contribution in [-0.4, -0.2) is 24.2 Å². The molecule has 0 aromatic heterocycles. The standard InChI is InChI=1S/C26H25NO4/c1-18-13-14-22(15-19(18)2)25(30)26(21-11-7-4-8-12-21)31-24(29)17-27-23(28)16-20-9-5-3-6-10-20/h3-15,26H,16-17H2,1-2H3,(H,27,28)/t26-/m0/s1. The van der Waals surface area contributed by atoms with E-state index in [1.807, 2.05) is 56.3 Å². The fourth-order valence-electron chi connectivity index (χ4n) is 3.13. The molecule has 0 radical (unpaired) electrons. The normalized spacial score (nSPS) is 11.4. The van der Waals surface area contributed by atoms with Crippen LogP contribution in [0.2, 0.25) is 0 Å². The summed E-state index contributed by atoms with van der Waals surface area (Å²) in [6.45, 7) is 3.59. The van der Waals surface area contributed by atoms with E-state index in [-0.39, 0.29) is 24.7 Å². The molecule has 0 aliphatic carbocycles. The number of rotatable bonds is 8. The van der Waals surface area contributed by atoms with E-state index in [1.165, 1.54) is 0 Å². The average Bonchev–Trinajstić information content (AvgIpc) is 2.79. The van der Waals surface area contributed by atoms with E-state index in [0.29, 0.717) is 11.1 Å². The Hall–Kier alpha value is -3.73. The molecule has 1 N–H and O–H groups in total. The highest BCUT2D eigenvalue weighted by Gasteiger charge is 2.26. The first-order valence-electron chi connectivity index (χ1n) is 10.1. The predicted molar refractivity (Wildman–Crippen MR) is 119 cm³/mol. The molecule has 0 saturated carbocycles. The van der Waals surface area contributed by atoms with Gasteiger partial charge in [-0.1, -0.05) is 72.8 Å². The first-order valence-corrected chi connectivity index (χ1v) is 10.1. The molecule has 0 saturated heterocycles. The number of Topliss-reactive ketones (excluding diaryl/α,β-unsaturated/α-hetero) is 1. The second kappa shape index (κ2) is 10.3. The number of benzene rings is 3. The summed E-state index contributed by atoms with van der Waals surface area (Å²) in [5.41, 5.74) is 3.95. The van der Waals surface area contributed by atoms with Crippen LogP contribution in [0.1, 0.15) is 38.7 Å². The van der Waals surface area contributed by atoms with Crippen LogP contribution in [0, 0.1) is 13.8 Å². The quantitative estimate of drug-likeness (QED) is 0.444. The Morgan fingerprint density at radius 1 is 0.839 bits per heavy atom. The minimum Gasteiger partial charge on any atom is -0.448 e. The Bertz CT molecular complexity index is 1060. The van der Waals surface area contributed by atoms with Gasteiger partial charge >= 0.3 is 5.97 Å². The van der Waals surface area contributed by atoms with Crippen LogP contribution in [0.15, 0.2) is 78.9 Å². The van der Waals surface area contributed by atoms with E-state index in [0.717, 1.165) is 16.7 Å². The molecule has 5 heteroatoms. The maximum absolute atomic E-state index is 13.2. The number of hydrogen-bond donors (Lipinski definition) is 1. The minimum absolute atomic E-state index is 0.164. The molecule has 31 heavy (non-hydrogen) atoms.